The zero-order valence-electron chi connectivity index (χ0n) is 16.0. The number of nitrogens with zero attached hydrogens (tertiary/aromatic N) is 1. The maximum atomic E-state index is 12.5. The van der Waals surface area contributed by atoms with Crippen molar-refractivity contribution in [3.63, 3.8) is 0 Å². The third kappa shape index (κ3) is 4.30. The van der Waals surface area contributed by atoms with Crippen molar-refractivity contribution in [2.75, 3.05) is 11.3 Å². The monoisotopic (exact) mass is 474 g/mol. The Balaban J connectivity index is 1.46. The minimum atomic E-state index is -3.80. The van der Waals surface area contributed by atoms with E-state index >= 15 is 0 Å². The molecule has 1 N–H and O–H groups in total. The van der Waals surface area contributed by atoms with Crippen LogP contribution in [-0.4, -0.2) is 31.7 Å². The van der Waals surface area contributed by atoms with Gasteiger partial charge in [0, 0.05) is 16.6 Å². The highest BCUT2D eigenvalue weighted by Gasteiger charge is 2.34. The van der Waals surface area contributed by atoms with Gasteiger partial charge in [0.2, 0.25) is 0 Å². The third-order valence-electron chi connectivity index (χ3n) is 4.91. The molecule has 0 saturated carbocycles. The minimum absolute atomic E-state index is 0.0720. The lowest BCUT2D eigenvalue weighted by Gasteiger charge is -2.15. The fraction of sp³-hybridized carbons (Fsp3) is 0.0909. The predicted molar refractivity (Wildman–Crippen MR) is 119 cm³/mol. The average Bonchev–Trinajstić information content (AvgIpc) is 2.98. The normalized spacial score (nSPS) is 13.4. The maximum Gasteiger partial charge on any atom is 0.261 e. The fourth-order valence-electron chi connectivity index (χ4n) is 3.32. The van der Waals surface area contributed by atoms with Crippen molar-refractivity contribution in [2.24, 2.45) is 0 Å². The number of fused-ring (bicyclic) bond motifs is 1. The average molecular weight is 475 g/mol. The van der Waals surface area contributed by atoms with Crippen molar-refractivity contribution in [3.8, 4) is 0 Å². The quantitative estimate of drug-likeness (QED) is 0.527. The van der Waals surface area contributed by atoms with Crippen LogP contribution in [0.25, 0.3) is 0 Å². The van der Waals surface area contributed by atoms with Gasteiger partial charge < -0.3 is 0 Å². The lowest BCUT2D eigenvalue weighted by atomic mass is 10.1. The number of rotatable bonds is 6. The molecule has 1 aliphatic rings. The summed E-state index contributed by atoms with van der Waals surface area (Å²) in [5, 5.41) is 0.761. The Labute approximate surface area is 189 Å². The van der Waals surface area contributed by atoms with E-state index in [4.69, 9.17) is 23.2 Å². The molecule has 3 aromatic carbocycles. The molecule has 0 aromatic heterocycles. The molecule has 2 amide bonds. The number of carbonyl (C=O) groups is 2. The Morgan fingerprint density at radius 2 is 1.45 bits per heavy atom. The number of halogens is 2. The third-order valence-corrected chi connectivity index (χ3v) is 6.91. The van der Waals surface area contributed by atoms with Crippen LogP contribution in [-0.2, 0) is 16.4 Å². The van der Waals surface area contributed by atoms with Gasteiger partial charge in [-0.15, -0.1) is 0 Å². The van der Waals surface area contributed by atoms with Crippen LogP contribution in [0.4, 0.5) is 5.69 Å². The Kier molecular flexibility index (Phi) is 5.75. The second kappa shape index (κ2) is 8.34. The molecule has 6 nitrogen and oxygen atoms in total. The number of hydrogen-bond donors (Lipinski definition) is 1. The largest absolute Gasteiger partial charge is 0.280 e. The first-order valence-electron chi connectivity index (χ1n) is 9.28. The lowest BCUT2D eigenvalue weighted by Crippen LogP contribution is -2.31. The molecule has 4 rings (SSSR count). The van der Waals surface area contributed by atoms with Crippen LogP contribution < -0.4 is 4.72 Å². The highest BCUT2D eigenvalue weighted by Crippen LogP contribution is 2.26. The van der Waals surface area contributed by atoms with Crippen molar-refractivity contribution in [3.05, 3.63) is 93.5 Å². The number of carbonyl (C=O) groups excluding carboxylic acids is 2. The standard InChI is InChI=1S/C22H16Cl2N2O4S/c23-15-6-9-17(10-7-15)31(29,30)25-16-8-5-14(20(24)13-16)11-12-26-21(27)18-3-1-2-4-19(18)22(26)28/h1-10,13,25H,11-12H2. The number of anilines is 1. The number of hydrogen-bond acceptors (Lipinski definition) is 4. The molecule has 9 heteroatoms. The summed E-state index contributed by atoms with van der Waals surface area (Å²) in [6.07, 6.45) is 0.342. The lowest BCUT2D eigenvalue weighted by molar-refractivity contribution is 0.0656. The molecule has 0 spiro atoms. The molecule has 31 heavy (non-hydrogen) atoms. The van der Waals surface area contributed by atoms with Crippen molar-refractivity contribution in [2.45, 2.75) is 11.3 Å². The zero-order valence-corrected chi connectivity index (χ0v) is 18.3. The first kappa shape index (κ1) is 21.4. The summed E-state index contributed by atoms with van der Waals surface area (Å²) in [7, 11) is -3.80. The Hall–Kier alpha value is -2.87. The molecule has 3 aromatic rings. The fourth-order valence-corrected chi connectivity index (χ4v) is 4.77. The Morgan fingerprint density at radius 3 is 2.03 bits per heavy atom. The van der Waals surface area contributed by atoms with Gasteiger partial charge >= 0.3 is 0 Å². The Morgan fingerprint density at radius 1 is 0.839 bits per heavy atom. The van der Waals surface area contributed by atoms with Crippen LogP contribution >= 0.6 is 23.2 Å². The minimum Gasteiger partial charge on any atom is -0.280 e. The number of amides is 2. The zero-order chi connectivity index (χ0) is 22.2. The van der Waals surface area contributed by atoms with E-state index < -0.39 is 10.0 Å². The molecular formula is C22H16Cl2N2O4S. The molecule has 0 aliphatic carbocycles. The molecule has 0 atom stereocenters. The topological polar surface area (TPSA) is 83.6 Å². The van der Waals surface area contributed by atoms with Gasteiger partial charge in [0.25, 0.3) is 21.8 Å². The summed E-state index contributed by atoms with van der Waals surface area (Å²) in [4.78, 5) is 26.2. The predicted octanol–water partition coefficient (Wildman–Crippen LogP) is 4.63. The van der Waals surface area contributed by atoms with E-state index in [1.807, 2.05) is 0 Å². The summed E-state index contributed by atoms with van der Waals surface area (Å²) in [6.45, 7) is 0.169. The number of imide groups is 1. The van der Waals surface area contributed by atoms with Crippen LogP contribution in [0.2, 0.25) is 10.0 Å². The van der Waals surface area contributed by atoms with Gasteiger partial charge in [0.05, 0.1) is 21.7 Å². The van der Waals surface area contributed by atoms with E-state index in [9.17, 15) is 18.0 Å². The first-order valence-corrected chi connectivity index (χ1v) is 11.5. The summed E-state index contributed by atoms with van der Waals surface area (Å²) >= 11 is 12.1. The smallest absolute Gasteiger partial charge is 0.261 e. The van der Waals surface area contributed by atoms with Crippen molar-refractivity contribution in [1.82, 2.24) is 4.90 Å². The summed E-state index contributed by atoms with van der Waals surface area (Å²) in [5.41, 5.74) is 1.77. The van der Waals surface area contributed by atoms with Crippen LogP contribution in [0.5, 0.6) is 0 Å². The van der Waals surface area contributed by atoms with Gasteiger partial charge in [-0.25, -0.2) is 8.42 Å². The van der Waals surface area contributed by atoms with Gasteiger partial charge in [-0.3, -0.25) is 19.2 Å². The number of sulfonamides is 1. The van der Waals surface area contributed by atoms with E-state index in [-0.39, 0.29) is 23.3 Å². The second-order valence-electron chi connectivity index (χ2n) is 6.92. The van der Waals surface area contributed by atoms with E-state index in [1.54, 1.807) is 36.4 Å². The van der Waals surface area contributed by atoms with Gasteiger partial charge in [0.15, 0.2) is 0 Å². The summed E-state index contributed by atoms with van der Waals surface area (Å²) in [5.74, 6) is -0.659. The van der Waals surface area contributed by atoms with E-state index in [1.165, 1.54) is 35.2 Å². The van der Waals surface area contributed by atoms with Gasteiger partial charge in [-0.1, -0.05) is 41.4 Å². The van der Waals surface area contributed by atoms with Crippen LogP contribution in [0.1, 0.15) is 26.3 Å². The van der Waals surface area contributed by atoms with E-state index in [0.717, 1.165) is 0 Å². The van der Waals surface area contributed by atoms with Crippen LogP contribution in [0.3, 0.4) is 0 Å². The molecule has 1 aliphatic heterocycles. The van der Waals surface area contributed by atoms with E-state index in [2.05, 4.69) is 4.72 Å². The summed E-state index contributed by atoms with van der Waals surface area (Å²) in [6, 6.07) is 17.2. The first-order chi connectivity index (χ1) is 14.8. The molecule has 0 fully saturated rings. The van der Waals surface area contributed by atoms with Gasteiger partial charge in [0.1, 0.15) is 0 Å². The molecule has 0 radical (unpaired) electrons. The van der Waals surface area contributed by atoms with Crippen molar-refractivity contribution in [1.29, 1.82) is 0 Å². The van der Waals surface area contributed by atoms with Crippen molar-refractivity contribution >= 4 is 50.7 Å². The molecule has 0 saturated heterocycles. The molecule has 158 valence electrons. The summed E-state index contributed by atoms with van der Waals surface area (Å²) < 4.78 is 27.5. The second-order valence-corrected chi connectivity index (χ2v) is 9.45. The SMILES string of the molecule is O=C1c2ccccc2C(=O)N1CCc1ccc(NS(=O)(=O)c2ccc(Cl)cc2)cc1Cl. The highest BCUT2D eigenvalue weighted by molar-refractivity contribution is 7.92. The van der Waals surface area contributed by atoms with Gasteiger partial charge in [-0.05, 0) is 60.5 Å². The maximum absolute atomic E-state index is 12.5. The highest BCUT2D eigenvalue weighted by atomic mass is 35.5. The molecule has 0 unspecified atom stereocenters. The number of nitrogens with one attached hydrogen (secondary N) is 1. The van der Waals surface area contributed by atoms with Gasteiger partial charge in [-0.2, -0.15) is 0 Å². The van der Waals surface area contributed by atoms with Crippen LogP contribution in [0, 0.1) is 0 Å². The molecule has 1 heterocycles. The van der Waals surface area contributed by atoms with E-state index in [0.29, 0.717) is 38.8 Å². The molecule has 0 bridgehead atoms. The molecular weight excluding hydrogens is 459 g/mol. The van der Waals surface area contributed by atoms with Crippen LogP contribution in [0.15, 0.2) is 71.6 Å². The van der Waals surface area contributed by atoms with Crippen molar-refractivity contribution < 1.29 is 18.0 Å². The number of benzene rings is 3. The Bertz CT molecular complexity index is 1260.